The maximum Gasteiger partial charge on any atom is -0.000181 e. The van der Waals surface area contributed by atoms with Crippen molar-refractivity contribution in [2.24, 2.45) is 0 Å². The zero-order valence-corrected chi connectivity index (χ0v) is 14.9. The third kappa shape index (κ3) is 1.10. The number of hydrogen-bond donors (Lipinski definition) is 0. The topological polar surface area (TPSA) is 0 Å². The van der Waals surface area contributed by atoms with Crippen LogP contribution in [0.25, 0.3) is 86.2 Å². The Morgan fingerprint density at radius 3 is 0.679 bits per heavy atom. The van der Waals surface area contributed by atoms with Crippen LogP contribution in [0.1, 0.15) is 0 Å². The van der Waals surface area contributed by atoms with Crippen molar-refractivity contribution in [1.82, 2.24) is 0 Å². The Labute approximate surface area is 159 Å². The lowest BCUT2D eigenvalue weighted by molar-refractivity contribution is 1.88. The van der Waals surface area contributed by atoms with Crippen LogP contribution >= 0.6 is 0 Å². The molecule has 0 unspecified atom stereocenters. The van der Waals surface area contributed by atoms with Crippen molar-refractivity contribution in [3.8, 4) is 0 Å². The van der Waals surface area contributed by atoms with Crippen LogP contribution in [0.2, 0.25) is 0 Å². The first-order chi connectivity index (χ1) is 13.9. The van der Waals surface area contributed by atoms with Crippen LogP contribution in [0.5, 0.6) is 0 Å². The molecule has 0 bridgehead atoms. The molecule has 0 N–H and O–H groups in total. The molecule has 0 atom stereocenters. The summed E-state index contributed by atoms with van der Waals surface area (Å²) >= 11 is 0. The van der Waals surface area contributed by atoms with Gasteiger partial charge in [-0.2, -0.15) is 0 Å². The number of hydrogen-bond acceptors (Lipinski definition) is 0. The molecule has 0 radical (unpaired) electrons. The van der Waals surface area contributed by atoms with Crippen LogP contribution < -0.4 is 0 Å². The molecule has 0 aliphatic rings. The Hall–Kier alpha value is -3.64. The van der Waals surface area contributed by atoms with Crippen LogP contribution in [0.15, 0.2) is 72.8 Å². The van der Waals surface area contributed by atoms with Gasteiger partial charge in [-0.1, -0.05) is 48.5 Å². The summed E-state index contributed by atoms with van der Waals surface area (Å²) in [6, 6.07) is 28.0. The third-order valence-corrected chi connectivity index (χ3v) is 7.32. The van der Waals surface area contributed by atoms with Crippen molar-refractivity contribution in [3.05, 3.63) is 72.8 Å². The Bertz CT molecular complexity index is 1720. The fourth-order valence-corrected chi connectivity index (χ4v) is 6.33. The van der Waals surface area contributed by atoms with Crippen molar-refractivity contribution < 1.29 is 0 Å². The largest absolute Gasteiger partial charge is 0.0537 e. The fraction of sp³-hybridized carbons (Fsp3) is 0. The second-order valence-electron chi connectivity index (χ2n) is 8.55. The summed E-state index contributed by atoms with van der Waals surface area (Å²) in [5, 5.41) is 22.6. The summed E-state index contributed by atoms with van der Waals surface area (Å²) in [5.41, 5.74) is 0. The van der Waals surface area contributed by atoms with Crippen LogP contribution in [-0.2, 0) is 0 Å². The molecule has 0 nitrogen and oxygen atoms in total. The van der Waals surface area contributed by atoms with E-state index in [0.29, 0.717) is 0 Å². The quantitative estimate of drug-likeness (QED) is 0.192. The highest BCUT2D eigenvalue weighted by Gasteiger charge is 2.23. The van der Waals surface area contributed by atoms with Crippen LogP contribution in [0, 0.1) is 0 Å². The van der Waals surface area contributed by atoms with Gasteiger partial charge in [-0.3, -0.25) is 0 Å². The highest BCUT2D eigenvalue weighted by molar-refractivity contribution is 6.49. The van der Waals surface area contributed by atoms with Crippen molar-refractivity contribution in [2.45, 2.75) is 0 Å². The third-order valence-electron chi connectivity index (χ3n) is 7.32. The average Bonchev–Trinajstić information content (AvgIpc) is 3.32. The molecule has 0 saturated carbocycles. The minimum Gasteiger partial charge on any atom is -0.0537 e. The molecule has 0 aromatic heterocycles. The molecule has 9 rings (SSSR count). The second-order valence-corrected chi connectivity index (χ2v) is 8.55. The van der Waals surface area contributed by atoms with E-state index in [4.69, 9.17) is 0 Å². The van der Waals surface area contributed by atoms with Gasteiger partial charge in [-0.05, 0) is 110 Å². The zero-order valence-electron chi connectivity index (χ0n) is 14.9. The molecule has 9 aromatic rings. The predicted molar refractivity (Wildman–Crippen MR) is 122 cm³/mol. The maximum atomic E-state index is 2.39. The van der Waals surface area contributed by atoms with Gasteiger partial charge < -0.3 is 0 Å². The summed E-state index contributed by atoms with van der Waals surface area (Å²) in [4.78, 5) is 0. The van der Waals surface area contributed by atoms with Crippen molar-refractivity contribution in [1.29, 1.82) is 0 Å². The van der Waals surface area contributed by atoms with E-state index >= 15 is 0 Å². The Kier molecular flexibility index (Phi) is 1.67. The molecule has 0 fully saturated rings. The molecule has 124 valence electrons. The van der Waals surface area contributed by atoms with E-state index in [-0.39, 0.29) is 0 Å². The lowest BCUT2D eigenvalue weighted by Gasteiger charge is -2.21. The molecule has 0 heterocycles. The summed E-state index contributed by atoms with van der Waals surface area (Å²) in [6.07, 6.45) is 0. The van der Waals surface area contributed by atoms with Crippen molar-refractivity contribution in [3.63, 3.8) is 0 Å². The van der Waals surface area contributed by atoms with Gasteiger partial charge in [0.05, 0.1) is 0 Å². The number of rotatable bonds is 0. The molecule has 0 saturated heterocycles. The highest BCUT2D eigenvalue weighted by Crippen LogP contribution is 2.52. The van der Waals surface area contributed by atoms with Crippen LogP contribution in [-0.4, -0.2) is 0 Å². The molecule has 0 heteroatoms. The molecule has 0 spiro atoms. The van der Waals surface area contributed by atoms with Gasteiger partial charge in [0.15, 0.2) is 0 Å². The van der Waals surface area contributed by atoms with E-state index in [1.165, 1.54) is 86.2 Å². The molecule has 0 aliphatic carbocycles. The van der Waals surface area contributed by atoms with Crippen molar-refractivity contribution >= 4 is 86.2 Å². The molecule has 0 aliphatic heterocycles. The van der Waals surface area contributed by atoms with Gasteiger partial charge in [0.2, 0.25) is 0 Å². The minimum atomic E-state index is 1.37. The average molecular weight is 348 g/mol. The first-order valence-electron chi connectivity index (χ1n) is 9.95. The molecular formula is C28H12. The summed E-state index contributed by atoms with van der Waals surface area (Å²) < 4.78 is 0. The summed E-state index contributed by atoms with van der Waals surface area (Å²) in [6.45, 7) is 0. The van der Waals surface area contributed by atoms with Gasteiger partial charge >= 0.3 is 0 Å². The number of benzene rings is 7. The summed E-state index contributed by atoms with van der Waals surface area (Å²) in [7, 11) is 0. The lowest BCUT2D eigenvalue weighted by Crippen LogP contribution is -1.92. The minimum absolute atomic E-state index is 1.37. The first-order valence-corrected chi connectivity index (χ1v) is 9.95. The summed E-state index contributed by atoms with van der Waals surface area (Å²) in [5.74, 6) is 0. The normalized spacial score (nSPS) is 13.7. The van der Waals surface area contributed by atoms with Crippen molar-refractivity contribution in [2.75, 3.05) is 0 Å². The van der Waals surface area contributed by atoms with E-state index in [1.54, 1.807) is 0 Å². The Balaban J connectivity index is 1.90. The fourth-order valence-electron chi connectivity index (χ4n) is 6.33. The highest BCUT2D eigenvalue weighted by atomic mass is 14.3. The van der Waals surface area contributed by atoms with Gasteiger partial charge in [0.25, 0.3) is 0 Å². The second kappa shape index (κ2) is 3.68. The molecule has 0 amide bonds. The van der Waals surface area contributed by atoms with Crippen LogP contribution in [0.4, 0.5) is 0 Å². The van der Waals surface area contributed by atoms with Gasteiger partial charge in [-0.25, -0.2) is 0 Å². The SMILES string of the molecule is c1cc2cc3ccc4cc5ccc6cc7ccc8cc1c2c1c8c7c(c65)c4c31. The standard InChI is InChI=1S/C28H12/c1-2-14-10-18-7-8-20-12-16-4-3-15-11-19-6-5-17-9-13(1)21(14)27-23(17)25(19)28(22(15)16)26(20)24(18)27/h1-12H. The van der Waals surface area contributed by atoms with Gasteiger partial charge in [0, 0.05) is 0 Å². The van der Waals surface area contributed by atoms with E-state index in [0.717, 1.165) is 0 Å². The Morgan fingerprint density at radius 2 is 0.429 bits per heavy atom. The molecule has 28 heavy (non-hydrogen) atoms. The van der Waals surface area contributed by atoms with Crippen LogP contribution in [0.3, 0.4) is 0 Å². The van der Waals surface area contributed by atoms with Gasteiger partial charge in [0.1, 0.15) is 0 Å². The maximum absolute atomic E-state index is 2.39. The zero-order chi connectivity index (χ0) is 17.7. The van der Waals surface area contributed by atoms with Gasteiger partial charge in [-0.15, -0.1) is 0 Å². The van der Waals surface area contributed by atoms with E-state index in [1.807, 2.05) is 0 Å². The lowest BCUT2D eigenvalue weighted by atomic mass is 9.81. The van der Waals surface area contributed by atoms with E-state index in [9.17, 15) is 0 Å². The Morgan fingerprint density at radius 1 is 0.214 bits per heavy atom. The predicted octanol–water partition coefficient (Wildman–Crippen LogP) is 8.10. The monoisotopic (exact) mass is 348 g/mol. The van der Waals surface area contributed by atoms with E-state index < -0.39 is 0 Å². The smallest absolute Gasteiger partial charge is 0.000181 e. The molecule has 9 aromatic carbocycles. The first kappa shape index (κ1) is 12.7. The molecular weight excluding hydrogens is 336 g/mol. The van der Waals surface area contributed by atoms with E-state index in [2.05, 4.69) is 72.8 Å².